The fourth-order valence-corrected chi connectivity index (χ4v) is 2.79. The molecule has 6 heteroatoms. The van der Waals surface area contributed by atoms with Gasteiger partial charge in [-0.2, -0.15) is 0 Å². The molecule has 1 aliphatic rings. The fourth-order valence-electron chi connectivity index (χ4n) is 1.33. The van der Waals surface area contributed by atoms with Gasteiger partial charge in [0.25, 0.3) is 0 Å². The van der Waals surface area contributed by atoms with E-state index in [1.165, 1.54) is 6.08 Å². The van der Waals surface area contributed by atoms with Crippen molar-refractivity contribution in [3.05, 3.63) is 12.7 Å². The van der Waals surface area contributed by atoms with E-state index in [1.54, 1.807) is 0 Å². The molecule has 1 heterocycles. The molecule has 0 aliphatic carbocycles. The minimum Gasteiger partial charge on any atom is -0.353 e. The second kappa shape index (κ2) is 4.73. The second-order valence-electron chi connectivity index (χ2n) is 3.12. The highest BCUT2D eigenvalue weighted by atomic mass is 31.2. The van der Waals surface area contributed by atoms with Crippen molar-refractivity contribution < 1.29 is 18.8 Å². The first-order valence-corrected chi connectivity index (χ1v) is 6.08. The van der Waals surface area contributed by atoms with E-state index in [2.05, 4.69) is 11.9 Å². The molecule has 1 fully saturated rings. The monoisotopic (exact) mass is 219 g/mol. The Hall–Kier alpha value is -0.640. The highest BCUT2D eigenvalue weighted by molar-refractivity contribution is 7.53. The summed E-state index contributed by atoms with van der Waals surface area (Å²) < 4.78 is 16.0. The first-order chi connectivity index (χ1) is 6.56. The number of hydrogen-bond acceptors (Lipinski definition) is 3. The minimum atomic E-state index is -3.40. The molecule has 1 aliphatic heterocycles. The Bertz CT molecular complexity index is 279. The molecule has 0 spiro atoms. The van der Waals surface area contributed by atoms with E-state index in [-0.39, 0.29) is 11.6 Å². The number of carbonyl (C=O) groups is 1. The average Bonchev–Trinajstić information content (AvgIpc) is 2.45. The summed E-state index contributed by atoms with van der Waals surface area (Å²) in [6.45, 7) is 4.00. The van der Waals surface area contributed by atoms with Crippen molar-refractivity contribution >= 4 is 13.5 Å². The third-order valence-electron chi connectivity index (χ3n) is 2.15. The first kappa shape index (κ1) is 11.4. The molecule has 80 valence electrons. The van der Waals surface area contributed by atoms with Gasteiger partial charge in [0.05, 0.1) is 12.3 Å². The van der Waals surface area contributed by atoms with Crippen molar-refractivity contribution in [1.29, 1.82) is 0 Å². The van der Waals surface area contributed by atoms with Crippen LogP contribution < -0.4 is 5.32 Å². The lowest BCUT2D eigenvalue weighted by molar-refractivity contribution is -0.116. The molecule has 1 saturated heterocycles. The molecule has 1 amide bonds. The molecule has 0 aromatic heterocycles. The molecule has 0 radical (unpaired) electrons. The van der Waals surface area contributed by atoms with E-state index < -0.39 is 7.60 Å². The third kappa shape index (κ3) is 2.94. The van der Waals surface area contributed by atoms with Gasteiger partial charge < -0.3 is 14.7 Å². The molecule has 0 saturated carbocycles. The summed E-state index contributed by atoms with van der Waals surface area (Å²) in [6, 6.07) is 0. The predicted molar refractivity (Wildman–Crippen MR) is 52.0 cm³/mol. The van der Waals surface area contributed by atoms with Gasteiger partial charge in [-0.25, -0.2) is 0 Å². The van der Waals surface area contributed by atoms with Crippen molar-refractivity contribution in [2.45, 2.75) is 18.5 Å². The molecule has 0 aromatic rings. The number of rotatable bonds is 4. The summed E-state index contributed by atoms with van der Waals surface area (Å²) in [7, 11) is -3.40. The van der Waals surface area contributed by atoms with E-state index in [0.717, 1.165) is 0 Å². The van der Waals surface area contributed by atoms with Crippen LogP contribution in [0.25, 0.3) is 0 Å². The Morgan fingerprint density at radius 3 is 3.00 bits per heavy atom. The van der Waals surface area contributed by atoms with Crippen LogP contribution in [0, 0.1) is 0 Å². The van der Waals surface area contributed by atoms with E-state index in [0.29, 0.717) is 26.0 Å². The maximum Gasteiger partial charge on any atom is 0.331 e. The molecule has 5 nitrogen and oxygen atoms in total. The van der Waals surface area contributed by atoms with Gasteiger partial charge in [-0.05, 0) is 18.9 Å². The molecule has 2 atom stereocenters. The van der Waals surface area contributed by atoms with Gasteiger partial charge in [-0.15, -0.1) is 0 Å². The smallest absolute Gasteiger partial charge is 0.331 e. The number of carbonyl (C=O) groups excluding carboxylic acids is 1. The zero-order chi connectivity index (χ0) is 10.6. The highest BCUT2D eigenvalue weighted by Crippen LogP contribution is 2.54. The van der Waals surface area contributed by atoms with Crippen LogP contribution in [0.15, 0.2) is 12.7 Å². The average molecular weight is 219 g/mol. The molecule has 2 unspecified atom stereocenters. The van der Waals surface area contributed by atoms with Gasteiger partial charge in [-0.1, -0.05) is 6.58 Å². The highest BCUT2D eigenvalue weighted by Gasteiger charge is 2.37. The summed E-state index contributed by atoms with van der Waals surface area (Å²) in [5.74, 6) is -0.267. The van der Waals surface area contributed by atoms with Crippen molar-refractivity contribution in [3.8, 4) is 0 Å². The zero-order valence-corrected chi connectivity index (χ0v) is 8.70. The first-order valence-electron chi connectivity index (χ1n) is 4.43. The molecular weight excluding hydrogens is 205 g/mol. The molecule has 14 heavy (non-hydrogen) atoms. The largest absolute Gasteiger partial charge is 0.353 e. The van der Waals surface area contributed by atoms with Crippen molar-refractivity contribution in [2.75, 3.05) is 13.2 Å². The third-order valence-corrected chi connectivity index (χ3v) is 4.14. The van der Waals surface area contributed by atoms with Crippen LogP contribution in [0.1, 0.15) is 12.8 Å². The van der Waals surface area contributed by atoms with Gasteiger partial charge in [0.1, 0.15) is 0 Å². The lowest BCUT2D eigenvalue weighted by Gasteiger charge is -2.12. The van der Waals surface area contributed by atoms with Gasteiger partial charge in [-0.3, -0.25) is 9.36 Å². The minimum absolute atomic E-state index is 0.267. The molecule has 0 aromatic carbocycles. The van der Waals surface area contributed by atoms with Crippen LogP contribution in [0.4, 0.5) is 0 Å². The van der Waals surface area contributed by atoms with Gasteiger partial charge in [0, 0.05) is 6.54 Å². The summed E-state index contributed by atoms with van der Waals surface area (Å²) in [4.78, 5) is 20.0. The van der Waals surface area contributed by atoms with Gasteiger partial charge in [0.15, 0.2) is 0 Å². The van der Waals surface area contributed by atoms with E-state index in [4.69, 9.17) is 4.52 Å². The molecule has 2 N–H and O–H groups in total. The second-order valence-corrected chi connectivity index (χ2v) is 5.24. The zero-order valence-electron chi connectivity index (χ0n) is 7.81. The lowest BCUT2D eigenvalue weighted by atomic mass is 10.2. The maximum atomic E-state index is 11.3. The topological polar surface area (TPSA) is 75.6 Å². The van der Waals surface area contributed by atoms with Crippen LogP contribution in [0.5, 0.6) is 0 Å². The van der Waals surface area contributed by atoms with Crippen LogP contribution in [0.3, 0.4) is 0 Å². The Balaban J connectivity index is 2.28. The van der Waals surface area contributed by atoms with Crippen molar-refractivity contribution in [1.82, 2.24) is 5.32 Å². The van der Waals surface area contributed by atoms with E-state index in [1.807, 2.05) is 0 Å². The Morgan fingerprint density at radius 1 is 1.79 bits per heavy atom. The van der Waals surface area contributed by atoms with Gasteiger partial charge >= 0.3 is 7.60 Å². The number of amides is 1. The van der Waals surface area contributed by atoms with Crippen molar-refractivity contribution in [2.24, 2.45) is 0 Å². The molecule has 1 rings (SSSR count). The standard InChI is InChI=1S/C8H14NO4P/c1-2-8(10)9-5-3-7-4-6-13-14(7,11)12/h2,7H,1,3-6H2,(H,9,10)(H,11,12). The van der Waals surface area contributed by atoms with Crippen LogP contribution in [-0.4, -0.2) is 29.6 Å². The summed E-state index contributed by atoms with van der Waals surface area (Å²) in [5.41, 5.74) is -0.340. The molecule has 0 bridgehead atoms. The molecular formula is C8H14NO4P. The lowest BCUT2D eigenvalue weighted by Crippen LogP contribution is -2.24. The SMILES string of the molecule is C=CC(=O)NCCC1CCOP1(=O)O. The quantitative estimate of drug-likeness (QED) is 0.537. The number of nitrogens with one attached hydrogen (secondary N) is 1. The van der Waals surface area contributed by atoms with Crippen LogP contribution in [-0.2, 0) is 13.9 Å². The van der Waals surface area contributed by atoms with Gasteiger partial charge in [0.2, 0.25) is 5.91 Å². The summed E-state index contributed by atoms with van der Waals surface area (Å²) >= 11 is 0. The van der Waals surface area contributed by atoms with E-state index >= 15 is 0 Å². The predicted octanol–water partition coefficient (Wildman–Crippen LogP) is 0.653. The Labute approximate surface area is 82.7 Å². The maximum absolute atomic E-state index is 11.3. The van der Waals surface area contributed by atoms with Crippen molar-refractivity contribution in [3.63, 3.8) is 0 Å². The Morgan fingerprint density at radius 2 is 2.50 bits per heavy atom. The van der Waals surface area contributed by atoms with Crippen LogP contribution >= 0.6 is 7.60 Å². The number of hydrogen-bond donors (Lipinski definition) is 2. The summed E-state index contributed by atoms with van der Waals surface area (Å²) in [6.07, 6.45) is 2.22. The Kier molecular flexibility index (Phi) is 3.86. The summed E-state index contributed by atoms with van der Waals surface area (Å²) in [5, 5.41) is 2.55. The van der Waals surface area contributed by atoms with E-state index in [9.17, 15) is 14.3 Å². The normalized spacial score (nSPS) is 31.4. The van der Waals surface area contributed by atoms with Crippen LogP contribution in [0.2, 0.25) is 0 Å². The fraction of sp³-hybridized carbons (Fsp3) is 0.625.